The maximum atomic E-state index is 13.4. The average molecular weight is 234 g/mol. The van der Waals surface area contributed by atoms with Gasteiger partial charge in [-0.1, -0.05) is 12.1 Å². The Morgan fingerprint density at radius 2 is 2.00 bits per heavy atom. The van der Waals surface area contributed by atoms with Gasteiger partial charge in [0.15, 0.2) is 0 Å². The first-order valence-corrected chi connectivity index (χ1v) is 4.67. The third-order valence-corrected chi connectivity index (χ3v) is 2.41. The van der Waals surface area contributed by atoms with E-state index in [0.717, 1.165) is 5.56 Å². The van der Waals surface area contributed by atoms with Gasteiger partial charge in [-0.3, -0.25) is 0 Å². The Morgan fingerprint density at radius 3 is 2.53 bits per heavy atom. The molecule has 3 N–H and O–H groups in total. The Labute approximate surface area is 95.7 Å². The van der Waals surface area contributed by atoms with Crippen LogP contribution in [0.1, 0.15) is 16.7 Å². The Bertz CT molecular complexity index is 331. The molecule has 2 nitrogen and oxygen atoms in total. The first-order valence-electron chi connectivity index (χ1n) is 4.67. The van der Waals surface area contributed by atoms with Crippen LogP contribution in [0.5, 0.6) is 0 Å². The Balaban J connectivity index is 0.00000196. The second-order valence-electron chi connectivity index (χ2n) is 3.63. The molecule has 1 aromatic rings. The monoisotopic (exact) mass is 233 g/mol. The Morgan fingerprint density at radius 1 is 1.40 bits per heavy atom. The molecule has 0 aliphatic rings. The van der Waals surface area contributed by atoms with Crippen molar-refractivity contribution in [2.45, 2.75) is 26.3 Å². The first kappa shape index (κ1) is 14.4. The molecule has 1 aromatic carbocycles. The van der Waals surface area contributed by atoms with Crippen molar-refractivity contribution in [2.75, 3.05) is 6.61 Å². The van der Waals surface area contributed by atoms with Gasteiger partial charge < -0.3 is 10.8 Å². The summed E-state index contributed by atoms with van der Waals surface area (Å²) in [5, 5.41) is 8.79. The van der Waals surface area contributed by atoms with Gasteiger partial charge in [-0.05, 0) is 37.0 Å². The van der Waals surface area contributed by atoms with Gasteiger partial charge in [-0.2, -0.15) is 0 Å². The molecule has 15 heavy (non-hydrogen) atoms. The topological polar surface area (TPSA) is 46.2 Å². The third-order valence-electron chi connectivity index (χ3n) is 2.41. The lowest BCUT2D eigenvalue weighted by molar-refractivity contribution is 0.265. The second-order valence-corrected chi connectivity index (χ2v) is 3.63. The molecule has 0 spiro atoms. The van der Waals surface area contributed by atoms with Crippen molar-refractivity contribution in [2.24, 2.45) is 5.73 Å². The van der Waals surface area contributed by atoms with Crippen LogP contribution in [0.4, 0.5) is 4.39 Å². The van der Waals surface area contributed by atoms with Crippen LogP contribution in [0.2, 0.25) is 0 Å². The van der Waals surface area contributed by atoms with Crippen LogP contribution in [-0.2, 0) is 6.42 Å². The largest absolute Gasteiger partial charge is 0.395 e. The number of rotatable bonds is 3. The lowest BCUT2D eigenvalue weighted by Crippen LogP contribution is -2.27. The van der Waals surface area contributed by atoms with E-state index in [2.05, 4.69) is 0 Å². The highest BCUT2D eigenvalue weighted by molar-refractivity contribution is 5.85. The van der Waals surface area contributed by atoms with Crippen LogP contribution in [0.15, 0.2) is 12.1 Å². The van der Waals surface area contributed by atoms with Gasteiger partial charge >= 0.3 is 0 Å². The standard InChI is InChI=1S/C11H16FNO.ClH/c1-7-3-4-9(5-10(13)6-14)8(2)11(7)12;/h3-4,10,14H,5-6,13H2,1-2H3;1H. The molecule has 1 atom stereocenters. The molecule has 0 aromatic heterocycles. The fourth-order valence-corrected chi connectivity index (χ4v) is 1.43. The summed E-state index contributed by atoms with van der Waals surface area (Å²) < 4.78 is 13.4. The number of aliphatic hydroxyl groups excluding tert-OH is 1. The van der Waals surface area contributed by atoms with Gasteiger partial charge in [0, 0.05) is 6.04 Å². The van der Waals surface area contributed by atoms with Crippen LogP contribution < -0.4 is 5.73 Å². The Hall–Kier alpha value is -0.640. The van der Waals surface area contributed by atoms with Crippen LogP contribution in [0, 0.1) is 19.7 Å². The van der Waals surface area contributed by atoms with Gasteiger partial charge in [-0.25, -0.2) is 4.39 Å². The van der Waals surface area contributed by atoms with E-state index in [1.807, 2.05) is 6.07 Å². The van der Waals surface area contributed by atoms with E-state index in [4.69, 9.17) is 10.8 Å². The molecule has 0 heterocycles. The number of hydrogen-bond acceptors (Lipinski definition) is 2. The normalized spacial score (nSPS) is 12.1. The summed E-state index contributed by atoms with van der Waals surface area (Å²) in [5.74, 6) is -0.173. The van der Waals surface area contributed by atoms with E-state index in [0.29, 0.717) is 17.5 Å². The maximum absolute atomic E-state index is 13.4. The number of aryl methyl sites for hydroxylation is 1. The summed E-state index contributed by atoms with van der Waals surface area (Å²) in [6, 6.07) is 3.29. The van der Waals surface area contributed by atoms with E-state index in [9.17, 15) is 4.39 Å². The summed E-state index contributed by atoms with van der Waals surface area (Å²) in [7, 11) is 0. The van der Waals surface area contributed by atoms with E-state index >= 15 is 0 Å². The molecule has 0 saturated heterocycles. The zero-order valence-electron chi connectivity index (χ0n) is 8.96. The van der Waals surface area contributed by atoms with Gasteiger partial charge in [-0.15, -0.1) is 12.4 Å². The van der Waals surface area contributed by atoms with Crippen molar-refractivity contribution >= 4 is 12.4 Å². The molecule has 0 amide bonds. The number of nitrogens with two attached hydrogens (primary N) is 1. The third kappa shape index (κ3) is 3.45. The predicted molar refractivity (Wildman–Crippen MR) is 61.9 cm³/mol. The maximum Gasteiger partial charge on any atom is 0.129 e. The first-order chi connectivity index (χ1) is 6.56. The molecule has 0 bridgehead atoms. The average Bonchev–Trinajstić information content (AvgIpc) is 2.19. The number of hydrogen-bond donors (Lipinski definition) is 2. The molecule has 0 radical (unpaired) electrons. The molecular weight excluding hydrogens is 217 g/mol. The van der Waals surface area contributed by atoms with E-state index in [1.54, 1.807) is 19.9 Å². The predicted octanol–water partition coefficient (Wildman–Crippen LogP) is 1.73. The van der Waals surface area contributed by atoms with E-state index < -0.39 is 0 Å². The van der Waals surface area contributed by atoms with Gasteiger partial charge in [0.1, 0.15) is 5.82 Å². The zero-order valence-corrected chi connectivity index (χ0v) is 9.77. The fourth-order valence-electron chi connectivity index (χ4n) is 1.43. The fraction of sp³-hybridized carbons (Fsp3) is 0.455. The molecule has 86 valence electrons. The van der Waals surface area contributed by atoms with Gasteiger partial charge in [0.2, 0.25) is 0 Å². The number of aliphatic hydroxyl groups is 1. The molecule has 1 unspecified atom stereocenters. The van der Waals surface area contributed by atoms with Crippen molar-refractivity contribution in [1.82, 2.24) is 0 Å². The molecule has 0 aliphatic heterocycles. The van der Waals surface area contributed by atoms with Crippen LogP contribution in [-0.4, -0.2) is 17.8 Å². The minimum absolute atomic E-state index is 0. The zero-order chi connectivity index (χ0) is 10.7. The highest BCUT2D eigenvalue weighted by atomic mass is 35.5. The summed E-state index contributed by atoms with van der Waals surface area (Å²) >= 11 is 0. The SMILES string of the molecule is Cc1ccc(CC(N)CO)c(C)c1F.Cl. The number of benzene rings is 1. The van der Waals surface area contributed by atoms with Crippen molar-refractivity contribution in [3.63, 3.8) is 0 Å². The summed E-state index contributed by atoms with van der Waals surface area (Å²) in [6.45, 7) is 3.40. The van der Waals surface area contributed by atoms with Crippen molar-refractivity contribution in [3.8, 4) is 0 Å². The molecule has 0 fully saturated rings. The van der Waals surface area contributed by atoms with Crippen LogP contribution in [0.3, 0.4) is 0 Å². The quantitative estimate of drug-likeness (QED) is 0.835. The second kappa shape index (κ2) is 6.05. The highest BCUT2D eigenvalue weighted by Crippen LogP contribution is 2.17. The van der Waals surface area contributed by atoms with Crippen molar-refractivity contribution in [3.05, 3.63) is 34.6 Å². The smallest absolute Gasteiger partial charge is 0.129 e. The Kier molecular flexibility index (Phi) is 5.80. The number of halogens is 2. The minimum atomic E-state index is -0.309. The summed E-state index contributed by atoms with van der Waals surface area (Å²) in [5.41, 5.74) is 7.74. The molecule has 0 aliphatic carbocycles. The van der Waals surface area contributed by atoms with Gasteiger partial charge in [0.05, 0.1) is 6.61 Å². The van der Waals surface area contributed by atoms with Crippen LogP contribution >= 0.6 is 12.4 Å². The molecular formula is C11H17ClFNO. The summed E-state index contributed by atoms with van der Waals surface area (Å²) in [4.78, 5) is 0. The lowest BCUT2D eigenvalue weighted by Gasteiger charge is -2.12. The highest BCUT2D eigenvalue weighted by Gasteiger charge is 2.09. The minimum Gasteiger partial charge on any atom is -0.395 e. The molecule has 4 heteroatoms. The van der Waals surface area contributed by atoms with Crippen LogP contribution in [0.25, 0.3) is 0 Å². The molecule has 1 rings (SSSR count). The molecule has 0 saturated carbocycles. The van der Waals surface area contributed by atoms with E-state index in [-0.39, 0.29) is 30.9 Å². The lowest BCUT2D eigenvalue weighted by atomic mass is 9.99. The van der Waals surface area contributed by atoms with Crippen molar-refractivity contribution < 1.29 is 9.50 Å². The van der Waals surface area contributed by atoms with Crippen molar-refractivity contribution in [1.29, 1.82) is 0 Å². The van der Waals surface area contributed by atoms with Gasteiger partial charge in [0.25, 0.3) is 0 Å². The summed E-state index contributed by atoms with van der Waals surface area (Å²) in [6.07, 6.45) is 0.513. The van der Waals surface area contributed by atoms with E-state index in [1.165, 1.54) is 0 Å².